The molecule has 0 aliphatic rings. The Morgan fingerprint density at radius 2 is 1.89 bits per heavy atom. The quantitative estimate of drug-likeness (QED) is 0.828. The average Bonchev–Trinajstić information content (AvgIpc) is 2.94. The maximum atomic E-state index is 8.66. The molecule has 0 saturated carbocycles. The van der Waals surface area contributed by atoms with E-state index >= 15 is 0 Å². The molecule has 0 saturated heterocycles. The number of benzene rings is 1. The van der Waals surface area contributed by atoms with Crippen LogP contribution < -0.4 is 5.32 Å². The van der Waals surface area contributed by atoms with Crippen LogP contribution in [0.3, 0.4) is 0 Å². The van der Waals surface area contributed by atoms with Gasteiger partial charge in [0.2, 0.25) is 0 Å². The molecule has 1 aromatic carbocycles. The lowest BCUT2D eigenvalue weighted by molar-refractivity contribution is 0.582. The van der Waals surface area contributed by atoms with Crippen LogP contribution >= 0.6 is 0 Å². The summed E-state index contributed by atoms with van der Waals surface area (Å²) < 4.78 is 5.33. The Labute approximate surface area is 104 Å². The van der Waals surface area contributed by atoms with Crippen LogP contribution in [0.5, 0.6) is 0 Å². The Kier molecular flexibility index (Phi) is 3.44. The Bertz CT molecular complexity index is 626. The minimum absolute atomic E-state index is 0.0178. The number of furan rings is 1. The van der Waals surface area contributed by atoms with Crippen molar-refractivity contribution in [2.45, 2.75) is 0 Å². The Balaban J connectivity index is 2.33. The summed E-state index contributed by atoms with van der Waals surface area (Å²) in [6, 6.07) is 14.7. The van der Waals surface area contributed by atoms with E-state index in [4.69, 9.17) is 14.9 Å². The van der Waals surface area contributed by atoms with Crippen LogP contribution in [0.25, 0.3) is 11.3 Å². The molecule has 0 spiro atoms. The van der Waals surface area contributed by atoms with Crippen LogP contribution in [-0.4, -0.2) is 0 Å². The first-order chi connectivity index (χ1) is 8.85. The van der Waals surface area contributed by atoms with Crippen molar-refractivity contribution >= 4 is 5.69 Å². The van der Waals surface area contributed by atoms with Crippen molar-refractivity contribution in [3.63, 3.8) is 0 Å². The van der Waals surface area contributed by atoms with Gasteiger partial charge in [-0.05, 0) is 24.3 Å². The van der Waals surface area contributed by atoms with Gasteiger partial charge in [0, 0.05) is 17.5 Å². The van der Waals surface area contributed by atoms with Gasteiger partial charge in [0.15, 0.2) is 0 Å². The maximum absolute atomic E-state index is 8.66. The molecule has 0 atom stereocenters. The second-order valence-corrected chi connectivity index (χ2v) is 3.45. The van der Waals surface area contributed by atoms with Gasteiger partial charge in [-0.25, -0.2) is 0 Å². The number of rotatable bonds is 3. The molecule has 1 N–H and O–H groups in total. The summed E-state index contributed by atoms with van der Waals surface area (Å²) in [7, 11) is 0. The third-order valence-corrected chi connectivity index (χ3v) is 2.33. The fraction of sp³-hybridized carbons (Fsp3) is 0. The molecule has 0 radical (unpaired) electrons. The lowest BCUT2D eigenvalue weighted by Crippen LogP contribution is -1.92. The van der Waals surface area contributed by atoms with Crippen LogP contribution in [0.15, 0.2) is 58.9 Å². The molecule has 0 fully saturated rings. The van der Waals surface area contributed by atoms with Crippen LogP contribution in [0.2, 0.25) is 0 Å². The first-order valence-corrected chi connectivity index (χ1v) is 5.25. The zero-order chi connectivity index (χ0) is 12.8. The van der Waals surface area contributed by atoms with Crippen molar-refractivity contribution < 1.29 is 4.42 Å². The van der Waals surface area contributed by atoms with Crippen LogP contribution in [-0.2, 0) is 0 Å². The van der Waals surface area contributed by atoms with Crippen molar-refractivity contribution in [3.8, 4) is 23.5 Å². The minimum atomic E-state index is 0.0178. The van der Waals surface area contributed by atoms with Crippen molar-refractivity contribution in [2.75, 3.05) is 5.32 Å². The largest absolute Gasteiger partial charge is 0.464 e. The summed E-state index contributed by atoms with van der Waals surface area (Å²) in [5.74, 6) is 0.724. The molecule has 4 nitrogen and oxygen atoms in total. The molecule has 1 aromatic heterocycles. The summed E-state index contributed by atoms with van der Waals surface area (Å²) in [5.41, 5.74) is 1.66. The second kappa shape index (κ2) is 5.38. The zero-order valence-corrected chi connectivity index (χ0v) is 9.42. The average molecular weight is 235 g/mol. The smallest absolute Gasteiger partial charge is 0.145 e. The van der Waals surface area contributed by atoms with Crippen LogP contribution in [0.1, 0.15) is 0 Å². The topological polar surface area (TPSA) is 72.8 Å². The molecule has 86 valence electrons. The van der Waals surface area contributed by atoms with E-state index in [2.05, 4.69) is 5.32 Å². The van der Waals surface area contributed by atoms with Gasteiger partial charge in [-0.3, -0.25) is 0 Å². The Morgan fingerprint density at radius 1 is 1.11 bits per heavy atom. The van der Waals surface area contributed by atoms with Gasteiger partial charge in [-0.1, -0.05) is 12.1 Å². The van der Waals surface area contributed by atoms with E-state index in [-0.39, 0.29) is 5.57 Å². The van der Waals surface area contributed by atoms with Gasteiger partial charge < -0.3 is 9.73 Å². The minimum Gasteiger partial charge on any atom is -0.464 e. The van der Waals surface area contributed by atoms with E-state index in [1.807, 2.05) is 30.3 Å². The molecule has 0 bridgehead atoms. The number of hydrogen-bond donors (Lipinski definition) is 1. The lowest BCUT2D eigenvalue weighted by atomic mass is 10.1. The fourth-order valence-electron chi connectivity index (χ4n) is 1.50. The maximum Gasteiger partial charge on any atom is 0.145 e. The molecular weight excluding hydrogens is 226 g/mol. The summed E-state index contributed by atoms with van der Waals surface area (Å²) in [6.07, 6.45) is 2.97. The molecule has 0 aliphatic heterocycles. The van der Waals surface area contributed by atoms with E-state index in [0.717, 1.165) is 17.0 Å². The van der Waals surface area contributed by atoms with Gasteiger partial charge in [0.05, 0.1) is 6.26 Å². The Hall–Kier alpha value is -2.98. The molecule has 4 heteroatoms. The second-order valence-electron chi connectivity index (χ2n) is 3.45. The number of nitrogens with one attached hydrogen (secondary N) is 1. The molecular formula is C14H9N3O. The monoisotopic (exact) mass is 235 g/mol. The number of hydrogen-bond acceptors (Lipinski definition) is 4. The standard InChI is InChI=1S/C14H9N3O/c15-8-11(9-16)10-17-13-5-2-1-4-12(13)14-6-3-7-18-14/h1-7,10,17H. The highest BCUT2D eigenvalue weighted by atomic mass is 16.3. The van der Waals surface area contributed by atoms with Gasteiger partial charge >= 0.3 is 0 Å². The third kappa shape index (κ3) is 2.40. The highest BCUT2D eigenvalue weighted by molar-refractivity contribution is 5.75. The summed E-state index contributed by atoms with van der Waals surface area (Å²) in [6.45, 7) is 0. The normalized spacial score (nSPS) is 9.00. The number of allylic oxidation sites excluding steroid dienone is 1. The van der Waals surface area contributed by atoms with Crippen molar-refractivity contribution in [1.29, 1.82) is 10.5 Å². The summed E-state index contributed by atoms with van der Waals surface area (Å²) in [5, 5.41) is 20.3. The van der Waals surface area contributed by atoms with Crippen molar-refractivity contribution in [1.82, 2.24) is 0 Å². The molecule has 2 rings (SSSR count). The van der Waals surface area contributed by atoms with Crippen molar-refractivity contribution in [2.24, 2.45) is 0 Å². The molecule has 0 aliphatic carbocycles. The first-order valence-electron chi connectivity index (χ1n) is 5.25. The van der Waals surface area contributed by atoms with E-state index in [0.29, 0.717) is 0 Å². The number of para-hydroxylation sites is 1. The van der Waals surface area contributed by atoms with Crippen molar-refractivity contribution in [3.05, 3.63) is 54.4 Å². The van der Waals surface area contributed by atoms with Crippen LogP contribution in [0, 0.1) is 22.7 Å². The highest BCUT2D eigenvalue weighted by Gasteiger charge is 2.05. The SMILES string of the molecule is N#CC(C#N)=CNc1ccccc1-c1ccco1. The predicted molar refractivity (Wildman–Crippen MR) is 67.1 cm³/mol. The molecule has 0 amide bonds. The lowest BCUT2D eigenvalue weighted by Gasteiger charge is -2.06. The molecule has 2 aromatic rings. The van der Waals surface area contributed by atoms with E-state index in [9.17, 15) is 0 Å². The number of nitrogens with zero attached hydrogens (tertiary/aromatic N) is 2. The predicted octanol–water partition coefficient (Wildman–Crippen LogP) is 3.29. The summed E-state index contributed by atoms with van der Waals surface area (Å²) in [4.78, 5) is 0. The van der Waals surface area contributed by atoms with Gasteiger partial charge in [0.25, 0.3) is 0 Å². The number of anilines is 1. The molecule has 1 heterocycles. The van der Waals surface area contributed by atoms with E-state index in [1.165, 1.54) is 6.20 Å². The van der Waals surface area contributed by atoms with Crippen LogP contribution in [0.4, 0.5) is 5.69 Å². The van der Waals surface area contributed by atoms with Gasteiger partial charge in [-0.15, -0.1) is 0 Å². The zero-order valence-electron chi connectivity index (χ0n) is 9.42. The first kappa shape index (κ1) is 11.5. The van der Waals surface area contributed by atoms with E-state index in [1.54, 1.807) is 24.5 Å². The fourth-order valence-corrected chi connectivity index (χ4v) is 1.50. The molecule has 18 heavy (non-hydrogen) atoms. The van der Waals surface area contributed by atoms with Gasteiger partial charge in [-0.2, -0.15) is 10.5 Å². The number of nitriles is 2. The molecule has 0 unspecified atom stereocenters. The van der Waals surface area contributed by atoms with Gasteiger partial charge in [0.1, 0.15) is 23.5 Å². The third-order valence-electron chi connectivity index (χ3n) is 2.33. The highest BCUT2D eigenvalue weighted by Crippen LogP contribution is 2.28. The Morgan fingerprint density at radius 3 is 2.56 bits per heavy atom. The van der Waals surface area contributed by atoms with E-state index < -0.39 is 0 Å². The summed E-state index contributed by atoms with van der Waals surface area (Å²) >= 11 is 0.